The zero-order valence-corrected chi connectivity index (χ0v) is 14.4. The summed E-state index contributed by atoms with van der Waals surface area (Å²) in [6, 6.07) is 6.07. The summed E-state index contributed by atoms with van der Waals surface area (Å²) in [5.74, 6) is 0.374. The fourth-order valence-corrected chi connectivity index (χ4v) is 4.03. The lowest BCUT2D eigenvalue weighted by Gasteiger charge is -2.28. The first-order chi connectivity index (χ1) is 12.1. The first kappa shape index (κ1) is 16.5. The van der Waals surface area contributed by atoms with E-state index < -0.39 is 0 Å². The van der Waals surface area contributed by atoms with Crippen molar-refractivity contribution in [3.05, 3.63) is 29.3 Å². The van der Waals surface area contributed by atoms with Crippen molar-refractivity contribution >= 4 is 17.5 Å². The van der Waals surface area contributed by atoms with Crippen molar-refractivity contribution in [3.63, 3.8) is 0 Å². The Labute approximate surface area is 147 Å². The molecule has 0 radical (unpaired) electrons. The second-order valence-electron chi connectivity index (χ2n) is 7.22. The van der Waals surface area contributed by atoms with Crippen molar-refractivity contribution in [2.45, 2.75) is 44.3 Å². The number of aryl methyl sites for hydroxylation is 1. The molecule has 0 aliphatic carbocycles. The van der Waals surface area contributed by atoms with Gasteiger partial charge in [-0.2, -0.15) is 0 Å². The molecular formula is C18H25N5O2. The molecule has 5 N–H and O–H groups in total. The van der Waals surface area contributed by atoms with Crippen molar-refractivity contribution in [2.75, 3.05) is 18.4 Å². The van der Waals surface area contributed by atoms with Crippen LogP contribution in [0.4, 0.5) is 5.69 Å². The van der Waals surface area contributed by atoms with E-state index in [1.165, 1.54) is 0 Å². The van der Waals surface area contributed by atoms with E-state index in [0.29, 0.717) is 12.5 Å². The Hall–Kier alpha value is -1.96. The third kappa shape index (κ3) is 3.27. The molecule has 0 saturated carbocycles. The molecule has 4 atom stereocenters. The number of hydrogen-bond acceptors (Lipinski definition) is 5. The molecule has 7 nitrogen and oxygen atoms in total. The molecule has 3 aliphatic rings. The van der Waals surface area contributed by atoms with Gasteiger partial charge in [-0.1, -0.05) is 12.1 Å². The number of hydrogen-bond donors (Lipinski definition) is 5. The zero-order chi connectivity index (χ0) is 17.4. The van der Waals surface area contributed by atoms with Gasteiger partial charge in [0.05, 0.1) is 6.04 Å². The van der Waals surface area contributed by atoms with E-state index in [0.717, 1.165) is 42.7 Å². The van der Waals surface area contributed by atoms with Crippen LogP contribution >= 0.6 is 0 Å². The number of nitrogens with one attached hydrogen (secondary N) is 5. The van der Waals surface area contributed by atoms with Crippen molar-refractivity contribution in [1.29, 1.82) is 0 Å². The molecule has 0 aromatic heterocycles. The Morgan fingerprint density at radius 1 is 1.28 bits per heavy atom. The van der Waals surface area contributed by atoms with Crippen molar-refractivity contribution in [2.24, 2.45) is 5.92 Å². The molecule has 4 rings (SSSR count). The highest BCUT2D eigenvalue weighted by molar-refractivity contribution is 5.94. The monoisotopic (exact) mass is 343 g/mol. The molecule has 2 fully saturated rings. The predicted octanol–water partition coefficient (Wildman–Crippen LogP) is 0.203. The molecule has 2 saturated heterocycles. The van der Waals surface area contributed by atoms with Crippen LogP contribution in [0.3, 0.4) is 0 Å². The summed E-state index contributed by atoms with van der Waals surface area (Å²) in [4.78, 5) is 24.2. The first-order valence-corrected chi connectivity index (χ1v) is 9.06. The van der Waals surface area contributed by atoms with Gasteiger partial charge in [0.1, 0.15) is 6.04 Å². The van der Waals surface area contributed by atoms with Crippen LogP contribution in [0.5, 0.6) is 0 Å². The molecule has 1 aromatic rings. The van der Waals surface area contributed by atoms with Gasteiger partial charge < -0.3 is 16.0 Å². The molecule has 1 aromatic carbocycles. The van der Waals surface area contributed by atoms with Gasteiger partial charge >= 0.3 is 0 Å². The number of piperidine rings is 1. The van der Waals surface area contributed by atoms with Gasteiger partial charge in [0.25, 0.3) is 0 Å². The predicted molar refractivity (Wildman–Crippen MR) is 94.8 cm³/mol. The van der Waals surface area contributed by atoms with Crippen LogP contribution in [0.25, 0.3) is 0 Å². The molecule has 0 spiro atoms. The molecule has 4 unspecified atom stereocenters. The van der Waals surface area contributed by atoms with Gasteiger partial charge in [-0.05, 0) is 43.5 Å². The molecular weight excluding hydrogens is 318 g/mol. The van der Waals surface area contributed by atoms with Crippen molar-refractivity contribution < 1.29 is 9.59 Å². The van der Waals surface area contributed by atoms with Gasteiger partial charge in [0.2, 0.25) is 11.8 Å². The normalized spacial score (nSPS) is 29.3. The smallest absolute Gasteiger partial charge is 0.239 e. The summed E-state index contributed by atoms with van der Waals surface area (Å²) in [7, 11) is 0. The van der Waals surface area contributed by atoms with Gasteiger partial charge in [-0.25, -0.2) is 5.43 Å². The Balaban J connectivity index is 1.42. The summed E-state index contributed by atoms with van der Waals surface area (Å²) in [5.41, 5.74) is 9.50. The van der Waals surface area contributed by atoms with E-state index >= 15 is 0 Å². The third-order valence-corrected chi connectivity index (χ3v) is 5.55. The van der Waals surface area contributed by atoms with Crippen LogP contribution in [0.2, 0.25) is 0 Å². The highest BCUT2D eigenvalue weighted by atomic mass is 16.2. The quantitative estimate of drug-likeness (QED) is 0.541. The maximum atomic E-state index is 12.7. The Morgan fingerprint density at radius 2 is 2.16 bits per heavy atom. The van der Waals surface area contributed by atoms with Gasteiger partial charge in [0.15, 0.2) is 0 Å². The standard InChI is InChI=1S/C18H25N5O2/c1-10(11-2-4-14-12(8-11)3-5-16(24)21-14)20-18(25)17-13-9-19-7-6-15(13)22-23-17/h2,4,8,10,13,15,17,19,22-23H,3,5-7,9H2,1H3,(H,20,25)(H,21,24). The average molecular weight is 343 g/mol. The summed E-state index contributed by atoms with van der Waals surface area (Å²) in [6.07, 6.45) is 2.30. The fraction of sp³-hybridized carbons (Fsp3) is 0.556. The van der Waals surface area contributed by atoms with E-state index in [9.17, 15) is 9.59 Å². The number of hydrazine groups is 1. The minimum Gasteiger partial charge on any atom is -0.348 e. The molecule has 0 bridgehead atoms. The van der Waals surface area contributed by atoms with Crippen LogP contribution in [0.1, 0.15) is 36.9 Å². The lowest BCUT2D eigenvalue weighted by Crippen LogP contribution is -2.49. The molecule has 134 valence electrons. The largest absolute Gasteiger partial charge is 0.348 e. The number of rotatable bonds is 3. The van der Waals surface area contributed by atoms with Crippen LogP contribution in [-0.4, -0.2) is 37.0 Å². The number of fused-ring (bicyclic) bond motifs is 2. The second kappa shape index (κ2) is 6.74. The Bertz CT molecular complexity index is 692. The van der Waals surface area contributed by atoms with E-state index in [2.05, 4.69) is 32.9 Å². The Morgan fingerprint density at radius 3 is 3.04 bits per heavy atom. The van der Waals surface area contributed by atoms with E-state index in [1.54, 1.807) is 0 Å². The number of carbonyl (C=O) groups is 2. The lowest BCUT2D eigenvalue weighted by molar-refractivity contribution is -0.124. The lowest BCUT2D eigenvalue weighted by atomic mass is 9.89. The van der Waals surface area contributed by atoms with Gasteiger partial charge in [-0.3, -0.25) is 15.0 Å². The topological polar surface area (TPSA) is 94.3 Å². The van der Waals surface area contributed by atoms with E-state index in [4.69, 9.17) is 0 Å². The molecule has 3 aliphatic heterocycles. The zero-order valence-electron chi connectivity index (χ0n) is 14.4. The average Bonchev–Trinajstić information content (AvgIpc) is 3.05. The SMILES string of the molecule is CC(NC(=O)C1NNC2CCNCC21)c1ccc2c(c1)CCC(=O)N2. The molecule has 25 heavy (non-hydrogen) atoms. The molecule has 2 amide bonds. The van der Waals surface area contributed by atoms with Crippen LogP contribution in [0, 0.1) is 5.92 Å². The summed E-state index contributed by atoms with van der Waals surface area (Å²) in [6.45, 7) is 3.85. The second-order valence-corrected chi connectivity index (χ2v) is 7.22. The minimum atomic E-state index is -0.211. The van der Waals surface area contributed by atoms with Crippen molar-refractivity contribution in [3.8, 4) is 0 Å². The third-order valence-electron chi connectivity index (χ3n) is 5.55. The molecule has 7 heteroatoms. The maximum Gasteiger partial charge on any atom is 0.239 e. The van der Waals surface area contributed by atoms with Gasteiger partial charge in [0, 0.05) is 30.6 Å². The number of carbonyl (C=O) groups excluding carboxylic acids is 2. The maximum absolute atomic E-state index is 12.7. The summed E-state index contributed by atoms with van der Waals surface area (Å²) in [5, 5.41) is 9.39. The highest BCUT2D eigenvalue weighted by Gasteiger charge is 2.41. The van der Waals surface area contributed by atoms with Crippen molar-refractivity contribution in [1.82, 2.24) is 21.5 Å². The van der Waals surface area contributed by atoms with E-state index in [-0.39, 0.29) is 29.8 Å². The summed E-state index contributed by atoms with van der Waals surface area (Å²) >= 11 is 0. The van der Waals surface area contributed by atoms with E-state index in [1.807, 2.05) is 19.1 Å². The van der Waals surface area contributed by atoms with Crippen LogP contribution in [-0.2, 0) is 16.0 Å². The fourth-order valence-electron chi connectivity index (χ4n) is 4.03. The number of benzene rings is 1. The van der Waals surface area contributed by atoms with Crippen LogP contribution < -0.4 is 26.8 Å². The van der Waals surface area contributed by atoms with Crippen LogP contribution in [0.15, 0.2) is 18.2 Å². The number of anilines is 1. The molecule has 3 heterocycles. The van der Waals surface area contributed by atoms with Gasteiger partial charge in [-0.15, -0.1) is 0 Å². The summed E-state index contributed by atoms with van der Waals surface area (Å²) < 4.78 is 0. The first-order valence-electron chi connectivity index (χ1n) is 9.06. The Kier molecular flexibility index (Phi) is 4.45. The highest BCUT2D eigenvalue weighted by Crippen LogP contribution is 2.26. The number of amides is 2. The minimum absolute atomic E-state index is 0.0298.